The SMILES string of the molecule is CCCCc1nnc(-c2cc3ccccc3n2Cc2ccc(Cl)c(Cl)c2)o1. The van der Waals surface area contributed by atoms with Crippen LogP contribution in [0.4, 0.5) is 0 Å². The van der Waals surface area contributed by atoms with E-state index < -0.39 is 0 Å². The summed E-state index contributed by atoms with van der Waals surface area (Å²) in [6.07, 6.45) is 2.93. The van der Waals surface area contributed by atoms with Crippen molar-refractivity contribution in [2.45, 2.75) is 32.7 Å². The summed E-state index contributed by atoms with van der Waals surface area (Å²) in [5, 5.41) is 10.7. The molecule has 0 aliphatic heterocycles. The third-order valence-electron chi connectivity index (χ3n) is 4.57. The third-order valence-corrected chi connectivity index (χ3v) is 5.30. The molecule has 6 heteroatoms. The van der Waals surface area contributed by atoms with Crippen LogP contribution in [0.15, 0.2) is 52.9 Å². The number of benzene rings is 2. The van der Waals surface area contributed by atoms with Crippen molar-refractivity contribution in [3.63, 3.8) is 0 Å². The van der Waals surface area contributed by atoms with E-state index in [-0.39, 0.29) is 0 Å². The lowest BCUT2D eigenvalue weighted by Gasteiger charge is -2.10. The molecule has 0 unspecified atom stereocenters. The van der Waals surface area contributed by atoms with Gasteiger partial charge in [-0.2, -0.15) is 0 Å². The van der Waals surface area contributed by atoms with Crippen molar-refractivity contribution in [2.75, 3.05) is 0 Å². The Kier molecular flexibility index (Phi) is 5.19. The van der Waals surface area contributed by atoms with E-state index >= 15 is 0 Å². The molecule has 4 aromatic rings. The first-order chi connectivity index (χ1) is 13.2. The molecule has 0 fully saturated rings. The number of nitrogens with zero attached hydrogens (tertiary/aromatic N) is 3. The van der Waals surface area contributed by atoms with E-state index in [0.29, 0.717) is 28.4 Å². The van der Waals surface area contributed by atoms with Gasteiger partial charge in [0.2, 0.25) is 5.89 Å². The van der Waals surface area contributed by atoms with Gasteiger partial charge in [0.1, 0.15) is 5.69 Å². The lowest BCUT2D eigenvalue weighted by molar-refractivity contribution is 0.492. The van der Waals surface area contributed by atoms with Crippen LogP contribution in [-0.4, -0.2) is 14.8 Å². The molecule has 138 valence electrons. The van der Waals surface area contributed by atoms with Crippen LogP contribution in [0.5, 0.6) is 0 Å². The summed E-state index contributed by atoms with van der Waals surface area (Å²) < 4.78 is 8.10. The molecule has 0 saturated carbocycles. The quantitative estimate of drug-likeness (QED) is 0.377. The van der Waals surface area contributed by atoms with E-state index in [2.05, 4.69) is 39.9 Å². The first kappa shape index (κ1) is 18.1. The molecule has 0 aliphatic rings. The summed E-state index contributed by atoms with van der Waals surface area (Å²) >= 11 is 12.3. The molecular weight excluding hydrogens is 381 g/mol. The number of hydrogen-bond acceptors (Lipinski definition) is 3. The third kappa shape index (κ3) is 3.73. The molecule has 0 bridgehead atoms. The summed E-state index contributed by atoms with van der Waals surface area (Å²) in [6.45, 7) is 2.78. The minimum atomic E-state index is 0.539. The minimum Gasteiger partial charge on any atom is -0.419 e. The molecule has 0 radical (unpaired) electrons. The average Bonchev–Trinajstić information content (AvgIpc) is 3.28. The van der Waals surface area contributed by atoms with Crippen LogP contribution in [0.3, 0.4) is 0 Å². The maximum absolute atomic E-state index is 6.20. The maximum Gasteiger partial charge on any atom is 0.264 e. The van der Waals surface area contributed by atoms with Gasteiger partial charge < -0.3 is 8.98 Å². The topological polar surface area (TPSA) is 43.9 Å². The van der Waals surface area contributed by atoms with Gasteiger partial charge in [-0.1, -0.05) is 60.8 Å². The van der Waals surface area contributed by atoms with Gasteiger partial charge in [-0.25, -0.2) is 0 Å². The van der Waals surface area contributed by atoms with Crippen molar-refractivity contribution < 1.29 is 4.42 Å². The normalized spacial score (nSPS) is 11.4. The summed E-state index contributed by atoms with van der Waals surface area (Å²) in [5.41, 5.74) is 3.06. The first-order valence-electron chi connectivity index (χ1n) is 9.00. The highest BCUT2D eigenvalue weighted by Crippen LogP contribution is 2.30. The average molecular weight is 400 g/mol. The zero-order valence-corrected chi connectivity index (χ0v) is 16.5. The molecule has 4 nitrogen and oxygen atoms in total. The first-order valence-corrected chi connectivity index (χ1v) is 9.76. The van der Waals surface area contributed by atoms with Crippen LogP contribution >= 0.6 is 23.2 Å². The van der Waals surface area contributed by atoms with Crippen LogP contribution in [-0.2, 0) is 13.0 Å². The van der Waals surface area contributed by atoms with Gasteiger partial charge >= 0.3 is 0 Å². The van der Waals surface area contributed by atoms with E-state index in [1.54, 1.807) is 0 Å². The fraction of sp³-hybridized carbons (Fsp3) is 0.238. The van der Waals surface area contributed by atoms with Crippen molar-refractivity contribution in [2.24, 2.45) is 0 Å². The van der Waals surface area contributed by atoms with Gasteiger partial charge in [-0.05, 0) is 36.2 Å². The molecule has 2 heterocycles. The number of fused-ring (bicyclic) bond motifs is 1. The Hall–Kier alpha value is -2.30. The Bertz CT molecular complexity index is 1080. The van der Waals surface area contributed by atoms with Crippen LogP contribution in [0.25, 0.3) is 22.5 Å². The number of rotatable bonds is 6. The van der Waals surface area contributed by atoms with Gasteiger partial charge in [-0.15, -0.1) is 10.2 Å². The molecule has 0 spiro atoms. The molecule has 27 heavy (non-hydrogen) atoms. The Labute approximate surface area is 167 Å². The second-order valence-corrected chi connectivity index (χ2v) is 7.34. The lowest BCUT2D eigenvalue weighted by atomic mass is 10.2. The highest BCUT2D eigenvalue weighted by Gasteiger charge is 2.17. The van der Waals surface area contributed by atoms with Crippen LogP contribution < -0.4 is 0 Å². The molecule has 0 N–H and O–H groups in total. The molecule has 4 rings (SSSR count). The predicted molar refractivity (Wildman–Crippen MR) is 109 cm³/mol. The van der Waals surface area contributed by atoms with E-state index in [9.17, 15) is 0 Å². The smallest absolute Gasteiger partial charge is 0.264 e. The van der Waals surface area contributed by atoms with Crippen molar-refractivity contribution in [1.29, 1.82) is 0 Å². The minimum absolute atomic E-state index is 0.539. The van der Waals surface area contributed by atoms with Gasteiger partial charge in [0, 0.05) is 23.9 Å². The van der Waals surface area contributed by atoms with Gasteiger partial charge in [0.25, 0.3) is 5.89 Å². The number of unbranched alkanes of at least 4 members (excludes halogenated alkanes) is 1. The van der Waals surface area contributed by atoms with E-state index in [1.165, 1.54) is 0 Å². The fourth-order valence-corrected chi connectivity index (χ4v) is 3.49. The van der Waals surface area contributed by atoms with E-state index in [1.807, 2.05) is 30.3 Å². The fourth-order valence-electron chi connectivity index (χ4n) is 3.16. The molecule has 2 aromatic heterocycles. The number of aromatic nitrogens is 3. The predicted octanol–water partition coefficient (Wildman–Crippen LogP) is 6.39. The monoisotopic (exact) mass is 399 g/mol. The number of para-hydroxylation sites is 1. The van der Waals surface area contributed by atoms with Crippen LogP contribution in [0.2, 0.25) is 10.0 Å². The molecule has 0 atom stereocenters. The number of halogens is 2. The molecule has 0 amide bonds. The maximum atomic E-state index is 6.20. The standard InChI is InChI=1S/C21H19Cl2N3O/c1-2-3-8-20-24-25-21(27-20)19-12-15-6-4-5-7-18(15)26(19)13-14-9-10-16(22)17(23)11-14/h4-7,9-12H,2-3,8,13H2,1H3. The molecule has 0 saturated heterocycles. The molecule has 2 aromatic carbocycles. The molecular formula is C21H19Cl2N3O. The number of aryl methyl sites for hydroxylation is 1. The second kappa shape index (κ2) is 7.75. The van der Waals surface area contributed by atoms with Crippen LogP contribution in [0, 0.1) is 0 Å². The molecule has 0 aliphatic carbocycles. The van der Waals surface area contributed by atoms with E-state index in [4.69, 9.17) is 27.6 Å². The highest BCUT2D eigenvalue weighted by atomic mass is 35.5. The largest absolute Gasteiger partial charge is 0.419 e. The summed E-state index contributed by atoms with van der Waals surface area (Å²) in [6, 6.07) is 16.0. The van der Waals surface area contributed by atoms with Gasteiger partial charge in [0.15, 0.2) is 0 Å². The van der Waals surface area contributed by atoms with Gasteiger partial charge in [-0.3, -0.25) is 0 Å². The van der Waals surface area contributed by atoms with Gasteiger partial charge in [0.05, 0.1) is 10.0 Å². The van der Waals surface area contributed by atoms with Crippen molar-refractivity contribution in [3.05, 3.63) is 70.0 Å². The lowest BCUT2D eigenvalue weighted by Crippen LogP contribution is -2.02. The summed E-state index contributed by atoms with van der Waals surface area (Å²) in [4.78, 5) is 0. The Morgan fingerprint density at radius 1 is 1.00 bits per heavy atom. The van der Waals surface area contributed by atoms with Crippen molar-refractivity contribution in [3.8, 4) is 11.6 Å². The zero-order valence-electron chi connectivity index (χ0n) is 15.0. The Morgan fingerprint density at radius 2 is 1.85 bits per heavy atom. The van der Waals surface area contributed by atoms with Crippen LogP contribution in [0.1, 0.15) is 31.2 Å². The summed E-state index contributed by atoms with van der Waals surface area (Å²) in [5.74, 6) is 1.22. The van der Waals surface area contributed by atoms with Crippen molar-refractivity contribution in [1.82, 2.24) is 14.8 Å². The zero-order chi connectivity index (χ0) is 18.8. The second-order valence-electron chi connectivity index (χ2n) is 6.53. The number of hydrogen-bond donors (Lipinski definition) is 0. The van der Waals surface area contributed by atoms with E-state index in [0.717, 1.165) is 41.4 Å². The van der Waals surface area contributed by atoms with Crippen molar-refractivity contribution >= 4 is 34.1 Å². The summed E-state index contributed by atoms with van der Waals surface area (Å²) in [7, 11) is 0. The Morgan fingerprint density at radius 3 is 2.67 bits per heavy atom. The Balaban J connectivity index is 1.77. The highest BCUT2D eigenvalue weighted by molar-refractivity contribution is 6.42.